The van der Waals surface area contributed by atoms with Gasteiger partial charge in [0.2, 0.25) is 5.91 Å². The first-order chi connectivity index (χ1) is 9.59. The van der Waals surface area contributed by atoms with Crippen molar-refractivity contribution in [2.24, 2.45) is 11.7 Å². The van der Waals surface area contributed by atoms with Gasteiger partial charge < -0.3 is 11.1 Å². The molecule has 116 valence electrons. The van der Waals surface area contributed by atoms with Crippen LogP contribution in [-0.2, 0) is 10.3 Å². The second kappa shape index (κ2) is 6.67. The van der Waals surface area contributed by atoms with E-state index >= 15 is 0 Å². The Hall–Kier alpha value is -0.580. The standard InChI is InChI=1S/C16H21BrN2O.ClH/c17-13-5-3-12(4-6-13)16(8-1-9-16)19-15(20)11-2-7-14(18)10-11;/h3-6,11,14H,1-2,7-10,18H2,(H,19,20);1H. The highest BCUT2D eigenvalue weighted by Gasteiger charge is 2.41. The molecule has 1 aromatic rings. The molecule has 3 nitrogen and oxygen atoms in total. The number of rotatable bonds is 3. The van der Waals surface area contributed by atoms with Crippen LogP contribution in [0.5, 0.6) is 0 Å². The molecule has 0 bridgehead atoms. The first kappa shape index (κ1) is 16.8. The van der Waals surface area contributed by atoms with Gasteiger partial charge in [0, 0.05) is 16.4 Å². The number of benzene rings is 1. The van der Waals surface area contributed by atoms with Crippen molar-refractivity contribution in [3.8, 4) is 0 Å². The zero-order chi connectivity index (χ0) is 14.2. The van der Waals surface area contributed by atoms with Crippen LogP contribution < -0.4 is 11.1 Å². The van der Waals surface area contributed by atoms with E-state index in [1.807, 2.05) is 12.1 Å². The third kappa shape index (κ3) is 3.43. The topological polar surface area (TPSA) is 55.1 Å². The van der Waals surface area contributed by atoms with Crippen molar-refractivity contribution in [3.05, 3.63) is 34.3 Å². The normalized spacial score (nSPS) is 26.6. The summed E-state index contributed by atoms with van der Waals surface area (Å²) in [6.07, 6.45) is 6.01. The maximum Gasteiger partial charge on any atom is 0.223 e. The highest BCUT2D eigenvalue weighted by atomic mass is 79.9. The van der Waals surface area contributed by atoms with Crippen molar-refractivity contribution >= 4 is 34.2 Å². The fraction of sp³-hybridized carbons (Fsp3) is 0.562. The molecule has 3 N–H and O–H groups in total. The summed E-state index contributed by atoms with van der Waals surface area (Å²) in [4.78, 5) is 12.5. The summed E-state index contributed by atoms with van der Waals surface area (Å²) < 4.78 is 1.07. The Morgan fingerprint density at radius 2 is 1.90 bits per heavy atom. The van der Waals surface area contributed by atoms with E-state index < -0.39 is 0 Å². The van der Waals surface area contributed by atoms with Crippen molar-refractivity contribution in [1.82, 2.24) is 5.32 Å². The lowest BCUT2D eigenvalue weighted by atomic mass is 9.71. The van der Waals surface area contributed by atoms with Crippen LogP contribution in [-0.4, -0.2) is 11.9 Å². The van der Waals surface area contributed by atoms with Crippen LogP contribution in [0.25, 0.3) is 0 Å². The van der Waals surface area contributed by atoms with Crippen molar-refractivity contribution in [2.45, 2.75) is 50.1 Å². The molecule has 1 amide bonds. The maximum atomic E-state index is 12.5. The number of hydrogen-bond acceptors (Lipinski definition) is 2. The van der Waals surface area contributed by atoms with E-state index in [1.165, 1.54) is 12.0 Å². The van der Waals surface area contributed by atoms with Gasteiger partial charge >= 0.3 is 0 Å². The third-order valence-corrected chi connectivity index (χ3v) is 5.34. The molecule has 2 aliphatic rings. The van der Waals surface area contributed by atoms with Gasteiger partial charge in [0.25, 0.3) is 0 Å². The number of hydrogen-bond donors (Lipinski definition) is 2. The van der Waals surface area contributed by atoms with Crippen LogP contribution in [0.3, 0.4) is 0 Å². The molecule has 2 aliphatic carbocycles. The number of nitrogens with two attached hydrogens (primary N) is 1. The number of nitrogens with one attached hydrogen (secondary N) is 1. The van der Waals surface area contributed by atoms with Crippen molar-refractivity contribution in [3.63, 3.8) is 0 Å². The molecule has 1 aromatic carbocycles. The molecule has 2 atom stereocenters. The summed E-state index contributed by atoms with van der Waals surface area (Å²) in [5.41, 5.74) is 7.01. The minimum absolute atomic E-state index is 0. The lowest BCUT2D eigenvalue weighted by Crippen LogP contribution is -2.52. The van der Waals surface area contributed by atoms with Crippen LogP contribution >= 0.6 is 28.3 Å². The summed E-state index contributed by atoms with van der Waals surface area (Å²) in [5, 5.41) is 3.32. The predicted octanol–water partition coefficient (Wildman–Crippen LogP) is 3.49. The molecular formula is C16H22BrClN2O. The Bertz CT molecular complexity index is 502. The highest BCUT2D eigenvalue weighted by Crippen LogP contribution is 2.42. The molecule has 3 rings (SSSR count). The quantitative estimate of drug-likeness (QED) is 0.852. The fourth-order valence-electron chi connectivity index (χ4n) is 3.38. The van der Waals surface area contributed by atoms with E-state index in [2.05, 4.69) is 33.4 Å². The van der Waals surface area contributed by atoms with Gasteiger partial charge in [0.15, 0.2) is 0 Å². The van der Waals surface area contributed by atoms with Gasteiger partial charge in [-0.15, -0.1) is 12.4 Å². The second-order valence-electron chi connectivity index (χ2n) is 6.20. The Morgan fingerprint density at radius 1 is 1.24 bits per heavy atom. The molecule has 0 saturated heterocycles. The zero-order valence-corrected chi connectivity index (χ0v) is 14.4. The second-order valence-corrected chi connectivity index (χ2v) is 7.12. The predicted molar refractivity (Wildman–Crippen MR) is 90.4 cm³/mol. The summed E-state index contributed by atoms with van der Waals surface area (Å²) in [6.45, 7) is 0. The average molecular weight is 374 g/mol. The van der Waals surface area contributed by atoms with E-state index in [1.54, 1.807) is 0 Å². The first-order valence-corrected chi connectivity index (χ1v) is 8.22. The molecule has 2 fully saturated rings. The van der Waals surface area contributed by atoms with Crippen molar-refractivity contribution in [1.29, 1.82) is 0 Å². The molecule has 0 radical (unpaired) electrons. The molecular weight excluding hydrogens is 352 g/mol. The summed E-state index contributed by atoms with van der Waals surface area (Å²) >= 11 is 3.46. The minimum atomic E-state index is -0.134. The SMILES string of the molecule is Cl.NC1CCC(C(=O)NC2(c3ccc(Br)cc3)CCC2)C1. The largest absolute Gasteiger partial charge is 0.346 e. The lowest BCUT2D eigenvalue weighted by molar-refractivity contribution is -0.128. The molecule has 21 heavy (non-hydrogen) atoms. The van der Waals surface area contributed by atoms with Gasteiger partial charge in [-0.05, 0) is 56.2 Å². The van der Waals surface area contributed by atoms with E-state index in [-0.39, 0.29) is 35.8 Å². The zero-order valence-electron chi connectivity index (χ0n) is 12.0. The molecule has 2 unspecified atom stereocenters. The summed E-state index contributed by atoms with van der Waals surface area (Å²) in [5.74, 6) is 0.304. The molecule has 0 heterocycles. The number of amides is 1. The summed E-state index contributed by atoms with van der Waals surface area (Å²) in [7, 11) is 0. The lowest BCUT2D eigenvalue weighted by Gasteiger charge is -2.43. The van der Waals surface area contributed by atoms with E-state index in [0.29, 0.717) is 0 Å². The van der Waals surface area contributed by atoms with Crippen LogP contribution in [0.15, 0.2) is 28.7 Å². The van der Waals surface area contributed by atoms with Gasteiger partial charge in [-0.1, -0.05) is 28.1 Å². The minimum Gasteiger partial charge on any atom is -0.346 e. The van der Waals surface area contributed by atoms with Crippen LogP contribution in [0.1, 0.15) is 44.1 Å². The maximum absolute atomic E-state index is 12.5. The number of carbonyl (C=O) groups is 1. The van der Waals surface area contributed by atoms with Gasteiger partial charge in [0.1, 0.15) is 0 Å². The van der Waals surface area contributed by atoms with E-state index in [9.17, 15) is 4.79 Å². The van der Waals surface area contributed by atoms with Crippen LogP contribution in [0.4, 0.5) is 0 Å². The first-order valence-electron chi connectivity index (χ1n) is 7.43. The molecule has 0 aliphatic heterocycles. The smallest absolute Gasteiger partial charge is 0.223 e. The molecule has 0 spiro atoms. The van der Waals surface area contributed by atoms with Gasteiger partial charge in [0.05, 0.1) is 5.54 Å². The summed E-state index contributed by atoms with van der Waals surface area (Å²) in [6, 6.07) is 8.53. The van der Waals surface area contributed by atoms with Gasteiger partial charge in [-0.2, -0.15) is 0 Å². The van der Waals surface area contributed by atoms with Crippen molar-refractivity contribution < 1.29 is 4.79 Å². The monoisotopic (exact) mass is 372 g/mol. The Kier molecular flexibility index (Phi) is 5.33. The molecule has 2 saturated carbocycles. The number of halogens is 2. The Labute approximate surface area is 140 Å². The van der Waals surface area contributed by atoms with Crippen LogP contribution in [0, 0.1) is 5.92 Å². The van der Waals surface area contributed by atoms with E-state index in [4.69, 9.17) is 5.73 Å². The average Bonchev–Trinajstić information content (AvgIpc) is 2.82. The molecule has 5 heteroatoms. The van der Waals surface area contributed by atoms with Crippen LogP contribution in [0.2, 0.25) is 0 Å². The van der Waals surface area contributed by atoms with E-state index in [0.717, 1.165) is 36.6 Å². The Morgan fingerprint density at radius 3 is 2.38 bits per heavy atom. The number of carbonyl (C=O) groups excluding carboxylic acids is 1. The Balaban J connectivity index is 0.00000161. The highest BCUT2D eigenvalue weighted by molar-refractivity contribution is 9.10. The van der Waals surface area contributed by atoms with Gasteiger partial charge in [-0.25, -0.2) is 0 Å². The fourth-order valence-corrected chi connectivity index (χ4v) is 3.64. The third-order valence-electron chi connectivity index (χ3n) is 4.81. The van der Waals surface area contributed by atoms with Gasteiger partial charge in [-0.3, -0.25) is 4.79 Å². The molecule has 0 aromatic heterocycles. The van der Waals surface area contributed by atoms with Crippen molar-refractivity contribution in [2.75, 3.05) is 0 Å².